The van der Waals surface area contributed by atoms with Crippen molar-refractivity contribution >= 4 is 29.7 Å². The van der Waals surface area contributed by atoms with E-state index in [0.717, 1.165) is 0 Å². The molecule has 0 bridgehead atoms. The van der Waals surface area contributed by atoms with Crippen LogP contribution in [0.1, 0.15) is 46.5 Å². The van der Waals surface area contributed by atoms with Crippen LogP contribution in [0.25, 0.3) is 0 Å². The van der Waals surface area contributed by atoms with E-state index in [-0.39, 0.29) is 31.4 Å². The van der Waals surface area contributed by atoms with Crippen LogP contribution in [0.15, 0.2) is 4.99 Å². The summed E-state index contributed by atoms with van der Waals surface area (Å²) in [6, 6.07) is -4.24. The molecule has 1 rings (SSSR count). The summed E-state index contributed by atoms with van der Waals surface area (Å²) in [5.41, 5.74) is 16.3. The molecule has 1 saturated heterocycles. The van der Waals surface area contributed by atoms with Gasteiger partial charge in [-0.15, -0.1) is 0 Å². The zero-order valence-electron chi connectivity index (χ0n) is 19.4. The van der Waals surface area contributed by atoms with Crippen LogP contribution >= 0.6 is 0 Å². The Morgan fingerprint density at radius 2 is 1.76 bits per heavy atom. The first-order chi connectivity index (χ1) is 15.4. The van der Waals surface area contributed by atoms with Gasteiger partial charge in [0.25, 0.3) is 0 Å². The molecule has 1 aliphatic rings. The number of carboxylic acid groups (broad SMARTS) is 1. The molecule has 1 aliphatic heterocycles. The summed E-state index contributed by atoms with van der Waals surface area (Å²) in [5.74, 6) is -3.40. The van der Waals surface area contributed by atoms with Gasteiger partial charge >= 0.3 is 5.97 Å². The van der Waals surface area contributed by atoms with E-state index < -0.39 is 54.0 Å². The molecule has 1 fully saturated rings. The van der Waals surface area contributed by atoms with Gasteiger partial charge in [0.15, 0.2) is 5.96 Å². The molecule has 0 radical (unpaired) electrons. The van der Waals surface area contributed by atoms with Crippen LogP contribution in [0.3, 0.4) is 0 Å². The van der Waals surface area contributed by atoms with Crippen molar-refractivity contribution in [3.8, 4) is 0 Å². The average Bonchev–Trinajstić information content (AvgIpc) is 3.22. The fourth-order valence-corrected chi connectivity index (χ4v) is 3.49. The number of aliphatic imine (C=N–C) groups is 1. The van der Waals surface area contributed by atoms with E-state index in [1.165, 1.54) is 11.8 Å². The molecule has 5 atom stereocenters. The third-order valence-electron chi connectivity index (χ3n) is 5.45. The van der Waals surface area contributed by atoms with Crippen LogP contribution < -0.4 is 27.8 Å². The number of guanidine groups is 1. The number of carbonyl (C=O) groups excluding carboxylic acids is 3. The number of nitrogens with one attached hydrogen (secondary N) is 2. The molecule has 13 heteroatoms. The highest BCUT2D eigenvalue weighted by Crippen LogP contribution is 2.20. The summed E-state index contributed by atoms with van der Waals surface area (Å²) in [6.07, 6.45) is 0.251. The number of likely N-dealkylation sites (tertiary alicyclic amines) is 1. The number of aliphatic carboxylic acids is 1. The number of aliphatic hydroxyl groups excluding tert-OH is 1. The van der Waals surface area contributed by atoms with Crippen LogP contribution in [-0.4, -0.2) is 88.1 Å². The van der Waals surface area contributed by atoms with Crippen LogP contribution in [0.5, 0.6) is 0 Å². The number of nitrogens with zero attached hydrogens (tertiary/aromatic N) is 2. The lowest BCUT2D eigenvalue weighted by molar-refractivity contribution is -0.150. The molecule has 188 valence electrons. The van der Waals surface area contributed by atoms with Gasteiger partial charge in [-0.1, -0.05) is 13.8 Å². The van der Waals surface area contributed by atoms with Gasteiger partial charge in [0.2, 0.25) is 17.7 Å². The molecule has 0 aromatic carbocycles. The average molecular weight is 472 g/mol. The Labute approximate surface area is 193 Å². The molecule has 0 saturated carbocycles. The minimum atomic E-state index is -1.25. The zero-order chi connectivity index (χ0) is 25.3. The Morgan fingerprint density at radius 1 is 1.12 bits per heavy atom. The first-order valence-electron chi connectivity index (χ1n) is 11.0. The number of aliphatic hydroxyl groups is 1. The summed E-state index contributed by atoms with van der Waals surface area (Å²) < 4.78 is 0. The fourth-order valence-electron chi connectivity index (χ4n) is 3.49. The van der Waals surface area contributed by atoms with E-state index in [2.05, 4.69) is 15.6 Å². The van der Waals surface area contributed by atoms with Crippen molar-refractivity contribution in [2.75, 3.05) is 13.1 Å². The maximum Gasteiger partial charge on any atom is 0.326 e. The van der Waals surface area contributed by atoms with E-state index in [4.69, 9.17) is 17.2 Å². The summed E-state index contributed by atoms with van der Waals surface area (Å²) in [7, 11) is 0. The number of hydrogen-bond donors (Lipinski definition) is 7. The van der Waals surface area contributed by atoms with Crippen molar-refractivity contribution in [3.63, 3.8) is 0 Å². The van der Waals surface area contributed by atoms with Crippen LogP contribution in [0.2, 0.25) is 0 Å². The molecule has 0 spiro atoms. The Balaban J connectivity index is 2.99. The molecular weight excluding hydrogens is 434 g/mol. The van der Waals surface area contributed by atoms with Crippen LogP contribution in [0.4, 0.5) is 0 Å². The first-order valence-corrected chi connectivity index (χ1v) is 11.0. The Morgan fingerprint density at radius 3 is 2.27 bits per heavy atom. The number of amides is 3. The van der Waals surface area contributed by atoms with Crippen LogP contribution in [-0.2, 0) is 19.2 Å². The molecule has 0 aromatic rings. The summed E-state index contributed by atoms with van der Waals surface area (Å²) in [6.45, 7) is 5.30. The van der Waals surface area contributed by atoms with Gasteiger partial charge < -0.3 is 42.9 Å². The molecule has 5 unspecified atom stereocenters. The monoisotopic (exact) mass is 471 g/mol. The van der Waals surface area contributed by atoms with Gasteiger partial charge in [-0.25, -0.2) is 4.79 Å². The Kier molecular flexibility index (Phi) is 11.0. The van der Waals surface area contributed by atoms with E-state index in [0.29, 0.717) is 19.3 Å². The smallest absolute Gasteiger partial charge is 0.326 e. The molecule has 0 aliphatic carbocycles. The van der Waals surface area contributed by atoms with Gasteiger partial charge in [-0.3, -0.25) is 19.4 Å². The molecule has 10 N–H and O–H groups in total. The summed E-state index contributed by atoms with van der Waals surface area (Å²) >= 11 is 0. The maximum absolute atomic E-state index is 13.1. The number of carbonyl (C=O) groups is 4. The quantitative estimate of drug-likeness (QED) is 0.0901. The van der Waals surface area contributed by atoms with Gasteiger partial charge in [0.05, 0.1) is 6.10 Å². The lowest BCUT2D eigenvalue weighted by atomic mass is 10.0. The predicted molar refractivity (Wildman–Crippen MR) is 121 cm³/mol. The minimum absolute atomic E-state index is 0.111. The lowest BCUT2D eigenvalue weighted by Crippen LogP contribution is -2.59. The highest BCUT2D eigenvalue weighted by Gasteiger charge is 2.39. The maximum atomic E-state index is 13.1. The number of rotatable bonds is 12. The Bertz CT molecular complexity index is 738. The van der Waals surface area contributed by atoms with Crippen molar-refractivity contribution in [1.29, 1.82) is 0 Å². The summed E-state index contributed by atoms with van der Waals surface area (Å²) in [5, 5.41) is 24.1. The normalized spacial score (nSPS) is 19.3. The highest BCUT2D eigenvalue weighted by molar-refractivity contribution is 5.94. The number of carboxylic acids is 1. The van der Waals surface area contributed by atoms with E-state index in [1.54, 1.807) is 13.8 Å². The highest BCUT2D eigenvalue weighted by atomic mass is 16.4. The summed E-state index contributed by atoms with van der Waals surface area (Å²) in [4.78, 5) is 55.1. The van der Waals surface area contributed by atoms with Crippen molar-refractivity contribution in [1.82, 2.24) is 15.5 Å². The fraction of sp³-hybridized carbons (Fsp3) is 0.750. The second kappa shape index (κ2) is 12.9. The third kappa shape index (κ3) is 8.50. The standard InChI is InChI=1S/C20H37N7O6/c1-10(2)15(18(31)27-9-5-7-13(27)19(32)33)26-16(29)12(6-4-8-24-20(22)23)25-17(30)14(21)11(3)28/h10-15,28H,4-9,21H2,1-3H3,(H,25,30)(H,26,29)(H,32,33)(H4,22,23,24). The number of hydrogen-bond acceptors (Lipinski definition) is 7. The van der Waals surface area contributed by atoms with Crippen molar-refractivity contribution in [3.05, 3.63) is 0 Å². The van der Waals surface area contributed by atoms with Gasteiger partial charge in [-0.05, 0) is 38.5 Å². The van der Waals surface area contributed by atoms with Gasteiger partial charge in [-0.2, -0.15) is 0 Å². The van der Waals surface area contributed by atoms with E-state index in [9.17, 15) is 29.4 Å². The molecule has 1 heterocycles. The predicted octanol–water partition coefficient (Wildman–Crippen LogP) is -2.55. The Hall–Kier alpha value is -2.93. The first kappa shape index (κ1) is 28.1. The molecule has 13 nitrogen and oxygen atoms in total. The number of nitrogens with two attached hydrogens (primary N) is 3. The molecular formula is C20H37N7O6. The third-order valence-corrected chi connectivity index (χ3v) is 5.45. The zero-order valence-corrected chi connectivity index (χ0v) is 19.4. The largest absolute Gasteiger partial charge is 0.480 e. The van der Waals surface area contributed by atoms with Crippen molar-refractivity contribution in [2.24, 2.45) is 28.1 Å². The van der Waals surface area contributed by atoms with Gasteiger partial charge in [0.1, 0.15) is 24.2 Å². The van der Waals surface area contributed by atoms with E-state index >= 15 is 0 Å². The van der Waals surface area contributed by atoms with Gasteiger partial charge in [0, 0.05) is 13.1 Å². The lowest BCUT2D eigenvalue weighted by Gasteiger charge is -2.31. The second-order valence-corrected chi connectivity index (χ2v) is 8.53. The minimum Gasteiger partial charge on any atom is -0.480 e. The van der Waals surface area contributed by atoms with E-state index in [1.807, 2.05) is 0 Å². The molecule has 3 amide bonds. The molecule has 0 aromatic heterocycles. The topological polar surface area (TPSA) is 226 Å². The van der Waals surface area contributed by atoms with Crippen molar-refractivity contribution < 1.29 is 29.4 Å². The van der Waals surface area contributed by atoms with Crippen LogP contribution in [0, 0.1) is 5.92 Å². The second-order valence-electron chi connectivity index (χ2n) is 8.53. The SMILES string of the molecule is CC(C)C(NC(=O)C(CCCN=C(N)N)NC(=O)C(N)C(C)O)C(=O)N1CCCC1C(=O)O. The van der Waals surface area contributed by atoms with Crippen molar-refractivity contribution in [2.45, 2.75) is 76.7 Å². The molecule has 33 heavy (non-hydrogen) atoms.